The maximum atomic E-state index is 13.4. The Balaban J connectivity index is 2.20. The third-order valence-electron chi connectivity index (χ3n) is 2.85. The number of anilines is 1. The highest BCUT2D eigenvalue weighted by Crippen LogP contribution is 2.39. The molecule has 6 heteroatoms. The number of alkyl halides is 3. The van der Waals surface area contributed by atoms with Gasteiger partial charge in [-0.05, 0) is 31.0 Å². The fraction of sp³-hybridized carbons (Fsp3) is 0.455. The molecule has 1 saturated carbocycles. The highest BCUT2D eigenvalue weighted by molar-refractivity contribution is 5.50. The molecule has 1 aromatic carbocycles. The lowest BCUT2D eigenvalue weighted by atomic mass is 10.1. The zero-order valence-electron chi connectivity index (χ0n) is 8.81. The maximum absolute atomic E-state index is 13.4. The third-order valence-corrected chi connectivity index (χ3v) is 2.85. The topological polar surface area (TPSA) is 32.3 Å². The van der Waals surface area contributed by atoms with Crippen LogP contribution >= 0.6 is 0 Å². The minimum absolute atomic E-state index is 0.00968. The molecule has 0 atom stereocenters. The van der Waals surface area contributed by atoms with E-state index in [0.717, 1.165) is 12.1 Å². The summed E-state index contributed by atoms with van der Waals surface area (Å²) in [5, 5.41) is 11.8. The minimum Gasteiger partial charge on any atom is -0.394 e. The average molecular weight is 249 g/mol. The molecule has 0 unspecified atom stereocenters. The molecule has 1 fully saturated rings. The summed E-state index contributed by atoms with van der Waals surface area (Å²) in [5.74, 6) is -0.959. The van der Waals surface area contributed by atoms with E-state index >= 15 is 0 Å². The van der Waals surface area contributed by atoms with Crippen molar-refractivity contribution in [2.24, 2.45) is 0 Å². The van der Waals surface area contributed by atoms with Gasteiger partial charge in [0.15, 0.2) is 0 Å². The Labute approximate surface area is 95.3 Å². The first-order chi connectivity index (χ1) is 7.86. The molecule has 0 heterocycles. The molecule has 17 heavy (non-hydrogen) atoms. The van der Waals surface area contributed by atoms with Gasteiger partial charge in [-0.1, -0.05) is 0 Å². The fourth-order valence-electron chi connectivity index (χ4n) is 1.55. The van der Waals surface area contributed by atoms with Crippen molar-refractivity contribution < 1.29 is 22.7 Å². The molecular weight excluding hydrogens is 238 g/mol. The van der Waals surface area contributed by atoms with Gasteiger partial charge in [0.05, 0.1) is 23.4 Å². The van der Waals surface area contributed by atoms with Gasteiger partial charge >= 0.3 is 6.18 Å². The van der Waals surface area contributed by atoms with Gasteiger partial charge in [-0.15, -0.1) is 0 Å². The van der Waals surface area contributed by atoms with E-state index in [1.165, 1.54) is 0 Å². The first-order valence-corrected chi connectivity index (χ1v) is 5.12. The van der Waals surface area contributed by atoms with E-state index in [2.05, 4.69) is 5.32 Å². The second-order valence-corrected chi connectivity index (χ2v) is 4.26. The average Bonchev–Trinajstić information content (AvgIpc) is 3.00. The van der Waals surface area contributed by atoms with Gasteiger partial charge in [0.2, 0.25) is 0 Å². The Morgan fingerprint density at radius 3 is 2.35 bits per heavy atom. The van der Waals surface area contributed by atoms with Crippen LogP contribution in [0.25, 0.3) is 0 Å². The van der Waals surface area contributed by atoms with Crippen LogP contribution in [0.5, 0.6) is 0 Å². The molecule has 0 aromatic heterocycles. The van der Waals surface area contributed by atoms with E-state index in [0.29, 0.717) is 18.9 Å². The molecule has 2 rings (SSSR count). The van der Waals surface area contributed by atoms with Crippen molar-refractivity contribution in [3.8, 4) is 0 Å². The van der Waals surface area contributed by atoms with E-state index in [1.54, 1.807) is 0 Å². The standard InChI is InChI=1S/C11H11F4NO/c12-8-5-7(11(13,14)15)1-2-9(8)16-10(6-17)3-4-10/h1-2,5,16-17H,3-4,6H2. The maximum Gasteiger partial charge on any atom is 0.416 e. The Morgan fingerprint density at radius 2 is 1.94 bits per heavy atom. The summed E-state index contributed by atoms with van der Waals surface area (Å²) >= 11 is 0. The lowest BCUT2D eigenvalue weighted by Gasteiger charge is -2.17. The number of aliphatic hydroxyl groups is 1. The van der Waals surface area contributed by atoms with Crippen LogP contribution in [0.1, 0.15) is 18.4 Å². The number of halogens is 4. The number of nitrogens with one attached hydrogen (secondary N) is 1. The van der Waals surface area contributed by atoms with Crippen molar-refractivity contribution >= 4 is 5.69 Å². The Kier molecular flexibility index (Phi) is 2.77. The molecular formula is C11H11F4NO. The number of aliphatic hydroxyl groups excluding tert-OH is 1. The first-order valence-electron chi connectivity index (χ1n) is 5.12. The van der Waals surface area contributed by atoms with Crippen molar-refractivity contribution in [1.29, 1.82) is 0 Å². The van der Waals surface area contributed by atoms with Gasteiger partial charge in [0, 0.05) is 0 Å². The zero-order chi connectivity index (χ0) is 12.7. The smallest absolute Gasteiger partial charge is 0.394 e. The predicted molar refractivity (Wildman–Crippen MR) is 54.1 cm³/mol. The van der Waals surface area contributed by atoms with E-state index < -0.39 is 23.1 Å². The van der Waals surface area contributed by atoms with Crippen LogP contribution in [-0.2, 0) is 6.18 Å². The van der Waals surface area contributed by atoms with Gasteiger partial charge in [0.25, 0.3) is 0 Å². The normalized spacial score (nSPS) is 17.9. The van der Waals surface area contributed by atoms with Gasteiger partial charge < -0.3 is 10.4 Å². The highest BCUT2D eigenvalue weighted by atomic mass is 19.4. The Morgan fingerprint density at radius 1 is 1.29 bits per heavy atom. The van der Waals surface area contributed by atoms with Crippen LogP contribution in [0.15, 0.2) is 18.2 Å². The molecule has 1 aliphatic carbocycles. The van der Waals surface area contributed by atoms with Crippen LogP contribution in [0.2, 0.25) is 0 Å². The third kappa shape index (κ3) is 2.52. The molecule has 0 spiro atoms. The SMILES string of the molecule is OCC1(Nc2ccc(C(F)(F)F)cc2F)CC1. The molecule has 0 saturated heterocycles. The molecule has 0 aliphatic heterocycles. The molecule has 0 bridgehead atoms. The predicted octanol–water partition coefficient (Wildman–Crippen LogP) is 2.78. The molecule has 2 nitrogen and oxygen atoms in total. The number of hydrogen-bond acceptors (Lipinski definition) is 2. The molecule has 0 radical (unpaired) electrons. The molecule has 94 valence electrons. The highest BCUT2D eigenvalue weighted by Gasteiger charge is 2.42. The van der Waals surface area contributed by atoms with Crippen molar-refractivity contribution in [2.45, 2.75) is 24.6 Å². The van der Waals surface area contributed by atoms with Gasteiger partial charge in [0.1, 0.15) is 5.82 Å². The van der Waals surface area contributed by atoms with Crippen LogP contribution in [-0.4, -0.2) is 17.3 Å². The Bertz CT molecular complexity index is 426. The van der Waals surface area contributed by atoms with Gasteiger partial charge in [-0.2, -0.15) is 13.2 Å². The first kappa shape index (κ1) is 12.2. The summed E-state index contributed by atoms with van der Waals surface area (Å²) in [7, 11) is 0. The lowest BCUT2D eigenvalue weighted by molar-refractivity contribution is -0.137. The monoisotopic (exact) mass is 249 g/mol. The summed E-state index contributed by atoms with van der Waals surface area (Å²) in [6.07, 6.45) is -3.18. The minimum atomic E-state index is -4.55. The van der Waals surface area contributed by atoms with Crippen LogP contribution in [0, 0.1) is 5.82 Å². The summed E-state index contributed by atoms with van der Waals surface area (Å²) < 4.78 is 50.3. The second-order valence-electron chi connectivity index (χ2n) is 4.26. The van der Waals surface area contributed by atoms with E-state index in [9.17, 15) is 17.6 Å². The van der Waals surface area contributed by atoms with Gasteiger partial charge in [-0.25, -0.2) is 4.39 Å². The van der Waals surface area contributed by atoms with E-state index in [1.807, 2.05) is 0 Å². The summed E-state index contributed by atoms with van der Waals surface area (Å²) in [5.41, 5.74) is -1.58. The number of rotatable bonds is 3. The number of benzene rings is 1. The van der Waals surface area contributed by atoms with Crippen molar-refractivity contribution in [2.75, 3.05) is 11.9 Å². The fourth-order valence-corrected chi connectivity index (χ4v) is 1.55. The quantitative estimate of drug-likeness (QED) is 0.807. The summed E-state index contributed by atoms with van der Waals surface area (Å²) in [6.45, 7) is -0.159. The van der Waals surface area contributed by atoms with Crippen molar-refractivity contribution in [1.82, 2.24) is 0 Å². The molecule has 0 amide bonds. The molecule has 2 N–H and O–H groups in total. The zero-order valence-corrected chi connectivity index (χ0v) is 8.81. The van der Waals surface area contributed by atoms with Crippen LogP contribution in [0.4, 0.5) is 23.2 Å². The number of hydrogen-bond donors (Lipinski definition) is 2. The van der Waals surface area contributed by atoms with Gasteiger partial charge in [-0.3, -0.25) is 0 Å². The van der Waals surface area contributed by atoms with Crippen LogP contribution in [0.3, 0.4) is 0 Å². The Hall–Kier alpha value is -1.30. The molecule has 1 aliphatic rings. The van der Waals surface area contributed by atoms with E-state index in [-0.39, 0.29) is 12.3 Å². The van der Waals surface area contributed by atoms with Crippen molar-refractivity contribution in [3.05, 3.63) is 29.6 Å². The second kappa shape index (κ2) is 3.87. The lowest BCUT2D eigenvalue weighted by Crippen LogP contribution is -2.26. The summed E-state index contributed by atoms with van der Waals surface area (Å²) in [4.78, 5) is 0. The van der Waals surface area contributed by atoms with E-state index in [4.69, 9.17) is 5.11 Å². The van der Waals surface area contributed by atoms with Crippen LogP contribution < -0.4 is 5.32 Å². The van der Waals surface area contributed by atoms with Crippen molar-refractivity contribution in [3.63, 3.8) is 0 Å². The summed E-state index contributed by atoms with van der Waals surface area (Å²) in [6, 6.07) is 2.32. The largest absolute Gasteiger partial charge is 0.416 e. The molecule has 1 aromatic rings.